The van der Waals surface area contributed by atoms with E-state index in [2.05, 4.69) is 30.1 Å². The molecule has 37 heavy (non-hydrogen) atoms. The van der Waals surface area contributed by atoms with E-state index in [4.69, 9.17) is 4.74 Å². The van der Waals surface area contributed by atoms with Gasteiger partial charge in [-0.15, -0.1) is 0 Å². The number of carbonyl (C=O) groups excluding carboxylic acids is 2. The van der Waals surface area contributed by atoms with Crippen LogP contribution >= 0.6 is 0 Å². The highest BCUT2D eigenvalue weighted by molar-refractivity contribution is 6.09. The van der Waals surface area contributed by atoms with Crippen LogP contribution in [0.5, 0.6) is 5.75 Å². The van der Waals surface area contributed by atoms with Crippen LogP contribution in [0.15, 0.2) is 78.6 Å². The second kappa shape index (κ2) is 12.4. The molecule has 3 aromatic rings. The van der Waals surface area contributed by atoms with Gasteiger partial charge in [0.25, 0.3) is 11.8 Å². The first-order valence-electron chi connectivity index (χ1n) is 12.9. The Labute approximate surface area is 219 Å². The van der Waals surface area contributed by atoms with Gasteiger partial charge in [-0.1, -0.05) is 67.9 Å². The molecule has 0 fully saturated rings. The number of carbonyl (C=O) groups is 2. The van der Waals surface area contributed by atoms with Gasteiger partial charge in [-0.2, -0.15) is 0 Å². The fourth-order valence-electron chi connectivity index (χ4n) is 4.44. The lowest BCUT2D eigenvalue weighted by Gasteiger charge is -2.30. The third-order valence-corrected chi connectivity index (χ3v) is 6.56. The van der Waals surface area contributed by atoms with E-state index in [9.17, 15) is 9.59 Å². The van der Waals surface area contributed by atoms with Gasteiger partial charge in [-0.25, -0.2) is 0 Å². The maximum Gasteiger partial charge on any atom is 0.294 e. The number of anilines is 1. The van der Waals surface area contributed by atoms with Gasteiger partial charge in [0.2, 0.25) is 0 Å². The number of hydrogen-bond acceptors (Lipinski definition) is 4. The topological polar surface area (TPSA) is 61.9 Å². The second-order valence-electron chi connectivity index (χ2n) is 9.22. The fourth-order valence-corrected chi connectivity index (χ4v) is 4.44. The Kier molecular flexibility index (Phi) is 8.75. The van der Waals surface area contributed by atoms with E-state index in [-0.39, 0.29) is 17.6 Å². The van der Waals surface area contributed by atoms with Crippen molar-refractivity contribution in [2.75, 3.05) is 31.1 Å². The molecule has 3 aromatic carbocycles. The summed E-state index contributed by atoms with van der Waals surface area (Å²) in [4.78, 5) is 30.1. The molecule has 2 amide bonds. The summed E-state index contributed by atoms with van der Waals surface area (Å²) in [5.74, 6) is 0.596. The van der Waals surface area contributed by atoms with Gasteiger partial charge in [0.05, 0.1) is 12.2 Å². The van der Waals surface area contributed by atoms with Crippen molar-refractivity contribution in [2.24, 2.45) is 0 Å². The quantitative estimate of drug-likeness (QED) is 0.300. The van der Waals surface area contributed by atoms with Crippen LogP contribution in [0.1, 0.15) is 47.3 Å². The lowest BCUT2D eigenvalue weighted by molar-refractivity contribution is -0.117. The molecule has 0 bridgehead atoms. The predicted octanol–water partition coefficient (Wildman–Crippen LogP) is 5.42. The number of aryl methyl sites for hydroxylation is 1. The van der Waals surface area contributed by atoms with E-state index < -0.39 is 0 Å². The third-order valence-electron chi connectivity index (χ3n) is 6.56. The summed E-state index contributed by atoms with van der Waals surface area (Å²) in [6.45, 7) is 10.4. The molecule has 0 aromatic heterocycles. The summed E-state index contributed by atoms with van der Waals surface area (Å²) in [6, 6.07) is 22.9. The first kappa shape index (κ1) is 26.2. The van der Waals surface area contributed by atoms with Crippen molar-refractivity contribution >= 4 is 23.6 Å². The normalized spacial score (nSPS) is 14.0. The number of para-hydroxylation sites is 2. The van der Waals surface area contributed by atoms with Crippen LogP contribution in [0.2, 0.25) is 0 Å². The molecule has 0 spiro atoms. The highest BCUT2D eigenvalue weighted by atomic mass is 16.5. The lowest BCUT2D eigenvalue weighted by atomic mass is 10.1. The summed E-state index contributed by atoms with van der Waals surface area (Å²) in [5.41, 5.74) is 4.33. The van der Waals surface area contributed by atoms with Gasteiger partial charge < -0.3 is 15.0 Å². The third kappa shape index (κ3) is 6.66. The van der Waals surface area contributed by atoms with Gasteiger partial charge in [0, 0.05) is 12.1 Å². The molecule has 0 saturated heterocycles. The van der Waals surface area contributed by atoms with Crippen molar-refractivity contribution in [1.29, 1.82) is 0 Å². The number of fused-ring (bicyclic) bond motifs is 1. The molecule has 1 heterocycles. The SMILES string of the molecule is CCN(CC)CCCNC(=O)c1ccc(/C=C2/Oc3ccccc3N(Cc3cccc(C)c3)C2=O)cc1. The number of rotatable bonds is 10. The zero-order chi connectivity index (χ0) is 26.2. The summed E-state index contributed by atoms with van der Waals surface area (Å²) < 4.78 is 6.01. The number of benzene rings is 3. The van der Waals surface area contributed by atoms with Crippen LogP contribution in [0, 0.1) is 6.92 Å². The Morgan fingerprint density at radius 2 is 1.76 bits per heavy atom. The van der Waals surface area contributed by atoms with Crippen LogP contribution in [0.4, 0.5) is 5.69 Å². The van der Waals surface area contributed by atoms with Gasteiger partial charge in [0.1, 0.15) is 0 Å². The molecule has 4 rings (SSSR count). The standard InChI is InChI=1S/C31H35N3O3/c1-4-33(5-2)19-9-18-32-30(35)26-16-14-24(15-17-26)21-29-31(36)34(22-25-11-8-10-23(3)20-25)27-12-6-7-13-28(27)37-29/h6-8,10-17,20-21H,4-5,9,18-19,22H2,1-3H3,(H,32,35)/b29-21+. The zero-order valence-corrected chi connectivity index (χ0v) is 21.9. The number of ether oxygens (including phenoxy) is 1. The number of nitrogens with zero attached hydrogens (tertiary/aromatic N) is 2. The van der Waals surface area contributed by atoms with Crippen molar-refractivity contribution in [3.63, 3.8) is 0 Å². The van der Waals surface area contributed by atoms with Crippen molar-refractivity contribution in [2.45, 2.75) is 33.7 Å². The largest absolute Gasteiger partial charge is 0.449 e. The summed E-state index contributed by atoms with van der Waals surface area (Å²) in [7, 11) is 0. The number of nitrogens with one attached hydrogen (secondary N) is 1. The molecule has 0 aliphatic carbocycles. The van der Waals surface area contributed by atoms with Crippen LogP contribution in [-0.2, 0) is 11.3 Å². The van der Waals surface area contributed by atoms with Crippen LogP contribution in [-0.4, -0.2) is 42.9 Å². The minimum atomic E-state index is -0.199. The van der Waals surface area contributed by atoms with Crippen molar-refractivity contribution in [3.05, 3.63) is 101 Å². The molecule has 0 atom stereocenters. The molecule has 1 aliphatic rings. The summed E-state index contributed by atoms with van der Waals surface area (Å²) in [6.07, 6.45) is 2.64. The molecule has 192 valence electrons. The van der Waals surface area contributed by atoms with Gasteiger partial charge in [0.15, 0.2) is 11.5 Å². The monoisotopic (exact) mass is 497 g/mol. The molecule has 1 N–H and O–H groups in total. The van der Waals surface area contributed by atoms with Crippen molar-refractivity contribution in [1.82, 2.24) is 10.2 Å². The highest BCUT2D eigenvalue weighted by Crippen LogP contribution is 2.36. The molecule has 6 heteroatoms. The summed E-state index contributed by atoms with van der Waals surface area (Å²) >= 11 is 0. The Morgan fingerprint density at radius 3 is 2.49 bits per heavy atom. The van der Waals surface area contributed by atoms with Crippen molar-refractivity contribution in [3.8, 4) is 5.75 Å². The maximum atomic E-state index is 13.5. The first-order valence-corrected chi connectivity index (χ1v) is 12.9. The van der Waals surface area contributed by atoms with E-state index in [1.54, 1.807) is 23.1 Å². The zero-order valence-electron chi connectivity index (χ0n) is 21.9. The second-order valence-corrected chi connectivity index (χ2v) is 9.22. The van der Waals surface area contributed by atoms with Crippen LogP contribution in [0.3, 0.4) is 0 Å². The highest BCUT2D eigenvalue weighted by Gasteiger charge is 2.30. The molecular formula is C31H35N3O3. The van der Waals surface area contributed by atoms with E-state index in [0.29, 0.717) is 24.4 Å². The number of hydrogen-bond donors (Lipinski definition) is 1. The smallest absolute Gasteiger partial charge is 0.294 e. The maximum absolute atomic E-state index is 13.5. The van der Waals surface area contributed by atoms with Crippen molar-refractivity contribution < 1.29 is 14.3 Å². The molecule has 1 aliphatic heterocycles. The molecule has 0 radical (unpaired) electrons. The van der Waals surface area contributed by atoms with Gasteiger partial charge in [-0.05, 0) is 74.4 Å². The minimum Gasteiger partial charge on any atom is -0.449 e. The number of amides is 2. The van der Waals surface area contributed by atoms with E-state index in [1.165, 1.54) is 0 Å². The molecule has 6 nitrogen and oxygen atoms in total. The van der Waals surface area contributed by atoms with E-state index in [1.807, 2.05) is 61.5 Å². The van der Waals surface area contributed by atoms with Gasteiger partial charge in [-0.3, -0.25) is 14.5 Å². The predicted molar refractivity (Wildman–Crippen MR) is 149 cm³/mol. The Balaban J connectivity index is 1.46. The Bertz CT molecular complexity index is 1260. The molecular weight excluding hydrogens is 462 g/mol. The lowest BCUT2D eigenvalue weighted by Crippen LogP contribution is -2.36. The summed E-state index contributed by atoms with van der Waals surface area (Å²) in [5, 5.41) is 2.99. The van der Waals surface area contributed by atoms with Gasteiger partial charge >= 0.3 is 0 Å². The fraction of sp³-hybridized carbons (Fsp3) is 0.290. The average molecular weight is 498 g/mol. The Hall–Kier alpha value is -3.90. The van der Waals surface area contributed by atoms with Crippen LogP contribution < -0.4 is 15.0 Å². The molecule has 0 saturated carbocycles. The first-order chi connectivity index (χ1) is 18.0. The minimum absolute atomic E-state index is 0.0954. The van der Waals surface area contributed by atoms with Crippen LogP contribution in [0.25, 0.3) is 6.08 Å². The van der Waals surface area contributed by atoms with E-state index in [0.717, 1.165) is 48.4 Å². The van der Waals surface area contributed by atoms with E-state index >= 15 is 0 Å². The molecule has 0 unspecified atom stereocenters. The Morgan fingerprint density at radius 1 is 1.00 bits per heavy atom. The average Bonchev–Trinajstić information content (AvgIpc) is 2.91.